The van der Waals surface area contributed by atoms with Crippen molar-refractivity contribution >= 4 is 0 Å². The fourth-order valence-electron chi connectivity index (χ4n) is 1.32. The van der Waals surface area contributed by atoms with Crippen LogP contribution in [0, 0.1) is 0 Å². The Kier molecular flexibility index (Phi) is 4.80. The standard InChI is InChI=1S/C10H23NO/c1-6-7-9(2)11(5)10(3,4)8-12/h9,12H,6-8H2,1-5H3. The van der Waals surface area contributed by atoms with E-state index < -0.39 is 0 Å². The van der Waals surface area contributed by atoms with E-state index in [-0.39, 0.29) is 12.1 Å². The maximum absolute atomic E-state index is 9.14. The molecule has 0 spiro atoms. The van der Waals surface area contributed by atoms with Gasteiger partial charge in [-0.1, -0.05) is 13.3 Å². The Bertz CT molecular complexity index is 123. The molecule has 1 unspecified atom stereocenters. The molecule has 0 rings (SSSR count). The molecule has 0 aliphatic rings. The van der Waals surface area contributed by atoms with Crippen molar-refractivity contribution in [3.8, 4) is 0 Å². The van der Waals surface area contributed by atoms with E-state index in [1.54, 1.807) is 0 Å². The minimum absolute atomic E-state index is 0.0887. The molecule has 0 bridgehead atoms. The molecule has 0 radical (unpaired) electrons. The average molecular weight is 173 g/mol. The van der Waals surface area contributed by atoms with Gasteiger partial charge in [-0.2, -0.15) is 0 Å². The molecule has 0 aromatic heterocycles. The number of aliphatic hydroxyl groups is 1. The van der Waals surface area contributed by atoms with E-state index >= 15 is 0 Å². The van der Waals surface area contributed by atoms with Crippen LogP contribution < -0.4 is 0 Å². The maximum Gasteiger partial charge on any atom is 0.0610 e. The fourth-order valence-corrected chi connectivity index (χ4v) is 1.32. The highest BCUT2D eigenvalue weighted by atomic mass is 16.3. The molecule has 0 saturated carbocycles. The first-order valence-electron chi connectivity index (χ1n) is 4.79. The number of likely N-dealkylation sites (N-methyl/N-ethyl adjacent to an activating group) is 1. The Morgan fingerprint density at radius 2 is 1.92 bits per heavy atom. The average Bonchev–Trinajstić information content (AvgIpc) is 2.03. The lowest BCUT2D eigenvalue weighted by Gasteiger charge is -2.38. The van der Waals surface area contributed by atoms with E-state index in [1.807, 2.05) is 0 Å². The quantitative estimate of drug-likeness (QED) is 0.686. The lowest BCUT2D eigenvalue weighted by atomic mass is 10.0. The van der Waals surface area contributed by atoms with Crippen molar-refractivity contribution in [3.63, 3.8) is 0 Å². The molecule has 0 heterocycles. The Morgan fingerprint density at radius 3 is 2.25 bits per heavy atom. The monoisotopic (exact) mass is 173 g/mol. The second-order valence-electron chi connectivity index (χ2n) is 4.22. The van der Waals surface area contributed by atoms with Crippen LogP contribution in [0.15, 0.2) is 0 Å². The van der Waals surface area contributed by atoms with E-state index in [4.69, 9.17) is 5.11 Å². The van der Waals surface area contributed by atoms with Crippen molar-refractivity contribution in [1.82, 2.24) is 4.90 Å². The lowest BCUT2D eigenvalue weighted by Crippen LogP contribution is -2.48. The predicted octanol–water partition coefficient (Wildman–Crippen LogP) is 1.88. The lowest BCUT2D eigenvalue weighted by molar-refractivity contribution is 0.0477. The van der Waals surface area contributed by atoms with Crippen molar-refractivity contribution in [2.45, 2.75) is 52.1 Å². The summed E-state index contributed by atoms with van der Waals surface area (Å²) in [7, 11) is 2.08. The van der Waals surface area contributed by atoms with Gasteiger partial charge in [0, 0.05) is 11.6 Å². The van der Waals surface area contributed by atoms with E-state index in [9.17, 15) is 0 Å². The van der Waals surface area contributed by atoms with E-state index in [0.29, 0.717) is 6.04 Å². The molecule has 74 valence electrons. The van der Waals surface area contributed by atoms with Crippen molar-refractivity contribution < 1.29 is 5.11 Å². The Morgan fingerprint density at radius 1 is 1.42 bits per heavy atom. The smallest absolute Gasteiger partial charge is 0.0610 e. The number of hydrogen-bond acceptors (Lipinski definition) is 2. The molecule has 0 aliphatic carbocycles. The van der Waals surface area contributed by atoms with Gasteiger partial charge in [0.05, 0.1) is 6.61 Å². The van der Waals surface area contributed by atoms with Gasteiger partial charge in [-0.3, -0.25) is 4.90 Å². The summed E-state index contributed by atoms with van der Waals surface area (Å²) in [5, 5.41) is 9.14. The van der Waals surface area contributed by atoms with E-state index in [2.05, 4.69) is 39.6 Å². The summed E-state index contributed by atoms with van der Waals surface area (Å²) < 4.78 is 0. The van der Waals surface area contributed by atoms with Crippen LogP contribution in [0.3, 0.4) is 0 Å². The zero-order valence-electron chi connectivity index (χ0n) is 9.09. The molecule has 2 heteroatoms. The normalized spacial score (nSPS) is 15.2. The van der Waals surface area contributed by atoms with Gasteiger partial charge in [0.1, 0.15) is 0 Å². The number of hydrogen-bond donors (Lipinski definition) is 1. The summed E-state index contributed by atoms with van der Waals surface area (Å²) in [6.07, 6.45) is 2.40. The minimum atomic E-state index is -0.0887. The van der Waals surface area contributed by atoms with Gasteiger partial charge in [-0.15, -0.1) is 0 Å². The van der Waals surface area contributed by atoms with Crippen LogP contribution in [-0.4, -0.2) is 35.2 Å². The fraction of sp³-hybridized carbons (Fsp3) is 1.00. The SMILES string of the molecule is CCCC(C)N(C)C(C)(C)CO. The molecule has 2 nitrogen and oxygen atoms in total. The molecule has 1 atom stereocenters. The predicted molar refractivity (Wildman–Crippen MR) is 53.3 cm³/mol. The molecule has 0 aromatic carbocycles. The van der Waals surface area contributed by atoms with Gasteiger partial charge in [-0.25, -0.2) is 0 Å². The van der Waals surface area contributed by atoms with Gasteiger partial charge >= 0.3 is 0 Å². The van der Waals surface area contributed by atoms with Gasteiger partial charge in [0.2, 0.25) is 0 Å². The van der Waals surface area contributed by atoms with Crippen LogP contribution in [0.4, 0.5) is 0 Å². The summed E-state index contributed by atoms with van der Waals surface area (Å²) in [6.45, 7) is 8.76. The third-order valence-electron chi connectivity index (χ3n) is 2.71. The zero-order chi connectivity index (χ0) is 9.78. The number of aliphatic hydroxyl groups excluding tert-OH is 1. The number of nitrogens with zero attached hydrogens (tertiary/aromatic N) is 1. The first-order valence-corrected chi connectivity index (χ1v) is 4.79. The molecule has 0 saturated heterocycles. The topological polar surface area (TPSA) is 23.5 Å². The van der Waals surface area contributed by atoms with Gasteiger partial charge < -0.3 is 5.11 Å². The van der Waals surface area contributed by atoms with Gasteiger partial charge in [-0.05, 0) is 34.2 Å². The van der Waals surface area contributed by atoms with E-state index in [0.717, 1.165) is 0 Å². The summed E-state index contributed by atoms with van der Waals surface area (Å²) in [5.41, 5.74) is -0.0887. The Hall–Kier alpha value is -0.0800. The third-order valence-corrected chi connectivity index (χ3v) is 2.71. The van der Waals surface area contributed by atoms with Crippen molar-refractivity contribution in [2.75, 3.05) is 13.7 Å². The third kappa shape index (κ3) is 3.11. The van der Waals surface area contributed by atoms with Crippen LogP contribution in [0.1, 0.15) is 40.5 Å². The largest absolute Gasteiger partial charge is 0.394 e. The zero-order valence-corrected chi connectivity index (χ0v) is 9.09. The molecular weight excluding hydrogens is 150 g/mol. The van der Waals surface area contributed by atoms with Crippen LogP contribution in [0.25, 0.3) is 0 Å². The highest BCUT2D eigenvalue weighted by Gasteiger charge is 2.25. The molecule has 12 heavy (non-hydrogen) atoms. The summed E-state index contributed by atoms with van der Waals surface area (Å²) in [5.74, 6) is 0. The maximum atomic E-state index is 9.14. The van der Waals surface area contributed by atoms with E-state index in [1.165, 1.54) is 12.8 Å². The second kappa shape index (κ2) is 4.83. The summed E-state index contributed by atoms with van der Waals surface area (Å²) in [4.78, 5) is 2.25. The first kappa shape index (κ1) is 11.9. The molecule has 1 N–H and O–H groups in total. The Balaban J connectivity index is 4.07. The van der Waals surface area contributed by atoms with Crippen LogP contribution >= 0.6 is 0 Å². The van der Waals surface area contributed by atoms with Gasteiger partial charge in [0.25, 0.3) is 0 Å². The minimum Gasteiger partial charge on any atom is -0.394 e. The number of rotatable bonds is 5. The van der Waals surface area contributed by atoms with Crippen molar-refractivity contribution in [3.05, 3.63) is 0 Å². The first-order chi connectivity index (χ1) is 5.45. The summed E-state index contributed by atoms with van der Waals surface area (Å²) in [6, 6.07) is 0.553. The highest BCUT2D eigenvalue weighted by molar-refractivity contribution is 4.81. The highest BCUT2D eigenvalue weighted by Crippen LogP contribution is 2.16. The van der Waals surface area contributed by atoms with Crippen LogP contribution in [0.5, 0.6) is 0 Å². The molecule has 0 amide bonds. The second-order valence-corrected chi connectivity index (χ2v) is 4.22. The molecule has 0 fully saturated rings. The van der Waals surface area contributed by atoms with Gasteiger partial charge in [0.15, 0.2) is 0 Å². The van der Waals surface area contributed by atoms with Crippen LogP contribution in [0.2, 0.25) is 0 Å². The molecular formula is C10H23NO. The van der Waals surface area contributed by atoms with Crippen molar-refractivity contribution in [2.24, 2.45) is 0 Å². The summed E-state index contributed by atoms with van der Waals surface area (Å²) >= 11 is 0. The Labute approximate surface area is 76.6 Å². The molecule has 0 aromatic rings. The molecule has 0 aliphatic heterocycles. The van der Waals surface area contributed by atoms with Crippen molar-refractivity contribution in [1.29, 1.82) is 0 Å². The van der Waals surface area contributed by atoms with Crippen LogP contribution in [-0.2, 0) is 0 Å².